The van der Waals surface area contributed by atoms with E-state index in [-0.39, 0.29) is 11.4 Å². The van der Waals surface area contributed by atoms with Crippen molar-refractivity contribution in [2.75, 3.05) is 6.61 Å². The van der Waals surface area contributed by atoms with Gasteiger partial charge in [-0.3, -0.25) is 0 Å². The fourth-order valence-corrected chi connectivity index (χ4v) is 3.89. The Bertz CT molecular complexity index is 439. The first-order valence-corrected chi connectivity index (χ1v) is 7.06. The first kappa shape index (κ1) is 11.6. The summed E-state index contributed by atoms with van der Waals surface area (Å²) < 4.78 is 29.9. The van der Waals surface area contributed by atoms with E-state index in [0.717, 1.165) is 0 Å². The van der Waals surface area contributed by atoms with Crippen LogP contribution in [0.2, 0.25) is 0 Å². The van der Waals surface area contributed by atoms with Crippen molar-refractivity contribution in [2.24, 2.45) is 0 Å². The van der Waals surface area contributed by atoms with Crippen molar-refractivity contribution >= 4 is 9.84 Å². The summed E-state index contributed by atoms with van der Waals surface area (Å²) in [6.07, 6.45) is 1.23. The van der Waals surface area contributed by atoms with Gasteiger partial charge in [0, 0.05) is 6.61 Å². The van der Waals surface area contributed by atoms with Gasteiger partial charge in [0.25, 0.3) is 0 Å². The highest BCUT2D eigenvalue weighted by atomic mass is 32.2. The van der Waals surface area contributed by atoms with Gasteiger partial charge >= 0.3 is 0 Å². The molecule has 16 heavy (non-hydrogen) atoms. The van der Waals surface area contributed by atoms with Crippen LogP contribution in [-0.2, 0) is 14.6 Å². The molecule has 2 rings (SSSR count). The molecule has 1 aromatic carbocycles. The Labute approximate surface area is 96.4 Å². The largest absolute Gasteiger partial charge is 0.378 e. The predicted octanol–water partition coefficient (Wildman–Crippen LogP) is 2.03. The molecular weight excluding hydrogens is 224 g/mol. The second-order valence-electron chi connectivity index (χ2n) is 4.19. The monoisotopic (exact) mass is 240 g/mol. The lowest BCUT2D eigenvalue weighted by Gasteiger charge is -2.27. The van der Waals surface area contributed by atoms with Gasteiger partial charge in [-0.15, -0.1) is 0 Å². The standard InChI is InChI=1S/C12H16O3S/c1-10-9-12(7-8-15-10)16(13,14)11-5-3-2-4-6-11/h2-6,10,12H,7-9H2,1H3. The Balaban J connectivity index is 2.26. The van der Waals surface area contributed by atoms with Gasteiger partial charge in [0.15, 0.2) is 9.84 Å². The van der Waals surface area contributed by atoms with Crippen molar-refractivity contribution in [2.45, 2.75) is 36.0 Å². The molecule has 1 heterocycles. The summed E-state index contributed by atoms with van der Waals surface area (Å²) >= 11 is 0. The molecule has 1 aromatic rings. The fourth-order valence-electron chi connectivity index (χ4n) is 2.04. The lowest BCUT2D eigenvalue weighted by Crippen LogP contribution is -2.33. The molecule has 1 fully saturated rings. The van der Waals surface area contributed by atoms with Gasteiger partial charge < -0.3 is 4.74 Å². The van der Waals surface area contributed by atoms with Crippen LogP contribution in [-0.4, -0.2) is 26.4 Å². The van der Waals surface area contributed by atoms with Crippen molar-refractivity contribution in [1.29, 1.82) is 0 Å². The fraction of sp³-hybridized carbons (Fsp3) is 0.500. The third kappa shape index (κ3) is 2.28. The number of hydrogen-bond donors (Lipinski definition) is 0. The van der Waals surface area contributed by atoms with E-state index in [4.69, 9.17) is 4.74 Å². The van der Waals surface area contributed by atoms with E-state index >= 15 is 0 Å². The first-order valence-electron chi connectivity index (χ1n) is 5.51. The summed E-state index contributed by atoms with van der Waals surface area (Å²) in [6, 6.07) is 8.67. The van der Waals surface area contributed by atoms with Gasteiger partial charge in [0.1, 0.15) is 0 Å². The molecule has 2 unspecified atom stereocenters. The Morgan fingerprint density at radius 1 is 1.25 bits per heavy atom. The Morgan fingerprint density at radius 3 is 2.56 bits per heavy atom. The molecule has 4 heteroatoms. The molecule has 3 nitrogen and oxygen atoms in total. The van der Waals surface area contributed by atoms with Gasteiger partial charge in [-0.2, -0.15) is 0 Å². The van der Waals surface area contributed by atoms with E-state index in [0.29, 0.717) is 24.3 Å². The molecule has 1 aliphatic heterocycles. The number of rotatable bonds is 2. The quantitative estimate of drug-likeness (QED) is 0.794. The van der Waals surface area contributed by atoms with Crippen LogP contribution in [0.3, 0.4) is 0 Å². The average molecular weight is 240 g/mol. The van der Waals surface area contributed by atoms with Crippen LogP contribution < -0.4 is 0 Å². The highest BCUT2D eigenvalue weighted by Crippen LogP contribution is 2.25. The molecule has 0 aliphatic carbocycles. The van der Waals surface area contributed by atoms with Crippen LogP contribution in [0.25, 0.3) is 0 Å². The molecule has 0 bridgehead atoms. The average Bonchev–Trinajstić information content (AvgIpc) is 2.30. The topological polar surface area (TPSA) is 43.4 Å². The molecule has 2 atom stereocenters. The zero-order chi connectivity index (χ0) is 11.6. The summed E-state index contributed by atoms with van der Waals surface area (Å²) in [7, 11) is -3.17. The van der Waals surface area contributed by atoms with Gasteiger partial charge in [-0.25, -0.2) is 8.42 Å². The summed E-state index contributed by atoms with van der Waals surface area (Å²) in [4.78, 5) is 0.425. The van der Waals surface area contributed by atoms with Gasteiger partial charge in [-0.1, -0.05) is 18.2 Å². The second-order valence-corrected chi connectivity index (χ2v) is 6.41. The SMILES string of the molecule is CC1CC(S(=O)(=O)c2ccccc2)CCO1. The maximum absolute atomic E-state index is 12.3. The molecule has 0 radical (unpaired) electrons. The molecule has 0 aromatic heterocycles. The van der Waals surface area contributed by atoms with Crippen molar-refractivity contribution in [3.05, 3.63) is 30.3 Å². The van der Waals surface area contributed by atoms with Crippen molar-refractivity contribution < 1.29 is 13.2 Å². The number of benzene rings is 1. The zero-order valence-corrected chi connectivity index (χ0v) is 10.1. The van der Waals surface area contributed by atoms with E-state index in [1.807, 2.05) is 13.0 Å². The third-order valence-electron chi connectivity index (χ3n) is 2.95. The Kier molecular flexibility index (Phi) is 3.30. The molecule has 0 saturated carbocycles. The molecule has 0 N–H and O–H groups in total. The van der Waals surface area contributed by atoms with E-state index in [1.54, 1.807) is 24.3 Å². The number of ether oxygens (including phenoxy) is 1. The summed E-state index contributed by atoms with van der Waals surface area (Å²) in [5, 5.41) is -0.293. The van der Waals surface area contributed by atoms with Crippen molar-refractivity contribution in [3.63, 3.8) is 0 Å². The summed E-state index contributed by atoms with van der Waals surface area (Å²) in [6.45, 7) is 2.46. The van der Waals surface area contributed by atoms with E-state index < -0.39 is 9.84 Å². The highest BCUT2D eigenvalue weighted by molar-refractivity contribution is 7.92. The smallest absolute Gasteiger partial charge is 0.181 e. The van der Waals surface area contributed by atoms with Crippen LogP contribution >= 0.6 is 0 Å². The molecular formula is C12H16O3S. The van der Waals surface area contributed by atoms with Gasteiger partial charge in [0.05, 0.1) is 16.2 Å². The first-order chi connectivity index (χ1) is 7.60. The van der Waals surface area contributed by atoms with E-state index in [1.165, 1.54) is 0 Å². The minimum atomic E-state index is -3.17. The Hall–Kier alpha value is -0.870. The van der Waals surface area contributed by atoms with Crippen LogP contribution in [0.15, 0.2) is 35.2 Å². The van der Waals surface area contributed by atoms with Gasteiger partial charge in [-0.05, 0) is 31.9 Å². The van der Waals surface area contributed by atoms with Crippen molar-refractivity contribution in [1.82, 2.24) is 0 Å². The number of hydrogen-bond acceptors (Lipinski definition) is 3. The second kappa shape index (κ2) is 4.55. The maximum Gasteiger partial charge on any atom is 0.181 e. The Morgan fingerprint density at radius 2 is 1.94 bits per heavy atom. The minimum Gasteiger partial charge on any atom is -0.378 e. The van der Waals surface area contributed by atoms with Gasteiger partial charge in [0.2, 0.25) is 0 Å². The number of sulfone groups is 1. The lowest BCUT2D eigenvalue weighted by molar-refractivity contribution is 0.0301. The van der Waals surface area contributed by atoms with Crippen LogP contribution in [0, 0.1) is 0 Å². The van der Waals surface area contributed by atoms with Crippen molar-refractivity contribution in [3.8, 4) is 0 Å². The molecule has 88 valence electrons. The summed E-state index contributed by atoms with van der Waals surface area (Å²) in [5.74, 6) is 0. The van der Waals surface area contributed by atoms with E-state index in [2.05, 4.69) is 0 Å². The predicted molar refractivity (Wildman–Crippen MR) is 62.1 cm³/mol. The van der Waals surface area contributed by atoms with Crippen LogP contribution in [0.4, 0.5) is 0 Å². The summed E-state index contributed by atoms with van der Waals surface area (Å²) in [5.41, 5.74) is 0. The normalized spacial score (nSPS) is 26.6. The highest BCUT2D eigenvalue weighted by Gasteiger charge is 2.31. The molecule has 1 aliphatic rings. The minimum absolute atomic E-state index is 0.0391. The van der Waals surface area contributed by atoms with E-state index in [9.17, 15) is 8.42 Å². The maximum atomic E-state index is 12.3. The van der Waals surface area contributed by atoms with Crippen LogP contribution in [0.5, 0.6) is 0 Å². The van der Waals surface area contributed by atoms with Crippen LogP contribution in [0.1, 0.15) is 19.8 Å². The molecule has 0 spiro atoms. The molecule has 1 saturated heterocycles. The zero-order valence-electron chi connectivity index (χ0n) is 9.30. The molecule has 0 amide bonds. The lowest BCUT2D eigenvalue weighted by atomic mass is 10.1. The third-order valence-corrected chi connectivity index (χ3v) is 5.18.